The first-order valence-electron chi connectivity index (χ1n) is 5.79. The van der Waals surface area contributed by atoms with E-state index in [1.165, 1.54) is 6.20 Å². The van der Waals surface area contributed by atoms with Gasteiger partial charge in [0.05, 0.1) is 11.9 Å². The Morgan fingerprint density at radius 3 is 2.63 bits per heavy atom. The molecule has 2 aromatic rings. The third kappa shape index (κ3) is 3.96. The lowest BCUT2D eigenvalue weighted by Crippen LogP contribution is -2.30. The van der Waals surface area contributed by atoms with Crippen molar-refractivity contribution in [1.29, 1.82) is 0 Å². The highest BCUT2D eigenvalue weighted by Crippen LogP contribution is 2.13. The highest BCUT2D eigenvalue weighted by molar-refractivity contribution is 6.29. The van der Waals surface area contributed by atoms with E-state index in [0.29, 0.717) is 16.6 Å². The maximum Gasteiger partial charge on any atom is 0.265 e. The van der Waals surface area contributed by atoms with Gasteiger partial charge in [0.1, 0.15) is 10.9 Å². The Bertz CT molecular complexity index is 543. The summed E-state index contributed by atoms with van der Waals surface area (Å²) in [5, 5.41) is 3.09. The molecule has 0 fully saturated rings. The fraction of sp³-hybridized carbons (Fsp3) is 0.143. The van der Waals surface area contributed by atoms with E-state index in [1.54, 1.807) is 31.2 Å². The molecule has 2 rings (SSSR count). The van der Waals surface area contributed by atoms with Crippen LogP contribution in [0.25, 0.3) is 0 Å². The van der Waals surface area contributed by atoms with Gasteiger partial charge in [-0.3, -0.25) is 4.79 Å². The number of halogens is 1. The van der Waals surface area contributed by atoms with Gasteiger partial charge >= 0.3 is 0 Å². The lowest BCUT2D eigenvalue weighted by atomic mass is 10.3. The minimum absolute atomic E-state index is 0.243. The zero-order valence-electron chi connectivity index (χ0n) is 10.3. The smallest absolute Gasteiger partial charge is 0.265 e. The van der Waals surface area contributed by atoms with E-state index in [2.05, 4.69) is 10.3 Å². The second-order valence-corrected chi connectivity index (χ2v) is 4.32. The zero-order chi connectivity index (χ0) is 13.7. The number of para-hydroxylation sites is 1. The fourth-order valence-electron chi connectivity index (χ4n) is 1.45. The summed E-state index contributed by atoms with van der Waals surface area (Å²) >= 11 is 5.67. The predicted octanol–water partition coefficient (Wildman–Crippen LogP) is 3.14. The molecule has 0 saturated carbocycles. The van der Waals surface area contributed by atoms with Gasteiger partial charge in [-0.05, 0) is 31.2 Å². The number of hydrogen-bond donors (Lipinski definition) is 1. The predicted molar refractivity (Wildman–Crippen MR) is 74.4 cm³/mol. The van der Waals surface area contributed by atoms with Gasteiger partial charge in [0.25, 0.3) is 5.91 Å². The van der Waals surface area contributed by atoms with E-state index in [1.807, 2.05) is 18.2 Å². The van der Waals surface area contributed by atoms with Crippen molar-refractivity contribution in [2.45, 2.75) is 13.0 Å². The fourth-order valence-corrected chi connectivity index (χ4v) is 1.56. The van der Waals surface area contributed by atoms with Crippen LogP contribution in [0.4, 0.5) is 5.69 Å². The molecule has 5 heteroatoms. The van der Waals surface area contributed by atoms with Crippen LogP contribution in [0, 0.1) is 0 Å². The summed E-state index contributed by atoms with van der Waals surface area (Å²) in [5.41, 5.74) is 0.581. The number of carbonyl (C=O) groups is 1. The molecular formula is C14H13ClN2O2. The number of rotatable bonds is 4. The Labute approximate surface area is 116 Å². The van der Waals surface area contributed by atoms with Crippen LogP contribution in [0.15, 0.2) is 48.7 Å². The van der Waals surface area contributed by atoms with Crippen molar-refractivity contribution in [3.05, 3.63) is 53.8 Å². The minimum atomic E-state index is -0.599. The van der Waals surface area contributed by atoms with Gasteiger partial charge in [-0.2, -0.15) is 0 Å². The Morgan fingerprint density at radius 1 is 1.26 bits per heavy atom. The van der Waals surface area contributed by atoms with E-state index in [0.717, 1.165) is 0 Å². The second kappa shape index (κ2) is 6.20. The van der Waals surface area contributed by atoms with Crippen LogP contribution >= 0.6 is 11.6 Å². The van der Waals surface area contributed by atoms with E-state index >= 15 is 0 Å². The number of hydrogen-bond acceptors (Lipinski definition) is 3. The lowest BCUT2D eigenvalue weighted by Gasteiger charge is -2.14. The average Bonchev–Trinajstić information content (AvgIpc) is 2.42. The molecule has 0 aliphatic heterocycles. The summed E-state index contributed by atoms with van der Waals surface area (Å²) in [6, 6.07) is 12.5. The van der Waals surface area contributed by atoms with Gasteiger partial charge in [0.2, 0.25) is 0 Å². The van der Waals surface area contributed by atoms with Gasteiger partial charge in [-0.15, -0.1) is 0 Å². The van der Waals surface area contributed by atoms with Crippen molar-refractivity contribution in [2.75, 3.05) is 5.32 Å². The number of nitrogens with zero attached hydrogens (tertiary/aromatic N) is 1. The summed E-state index contributed by atoms with van der Waals surface area (Å²) < 4.78 is 5.51. The highest BCUT2D eigenvalue weighted by Gasteiger charge is 2.14. The molecule has 0 aliphatic rings. The molecule has 19 heavy (non-hydrogen) atoms. The maximum atomic E-state index is 11.9. The topological polar surface area (TPSA) is 51.2 Å². The Balaban J connectivity index is 1.94. The Kier molecular flexibility index (Phi) is 4.36. The molecule has 0 spiro atoms. The van der Waals surface area contributed by atoms with Gasteiger partial charge in [0.15, 0.2) is 6.10 Å². The third-order valence-corrected chi connectivity index (χ3v) is 2.64. The van der Waals surface area contributed by atoms with Crippen LogP contribution in [0.2, 0.25) is 5.15 Å². The van der Waals surface area contributed by atoms with Crippen molar-refractivity contribution < 1.29 is 9.53 Å². The van der Waals surface area contributed by atoms with Crippen LogP contribution < -0.4 is 10.1 Å². The molecule has 1 N–H and O–H groups in total. The molecule has 0 bridgehead atoms. The van der Waals surface area contributed by atoms with Crippen molar-refractivity contribution in [3.8, 4) is 5.75 Å². The van der Waals surface area contributed by atoms with Crippen molar-refractivity contribution in [3.63, 3.8) is 0 Å². The summed E-state index contributed by atoms with van der Waals surface area (Å²) in [5.74, 6) is 0.410. The van der Waals surface area contributed by atoms with Crippen LogP contribution in [0.3, 0.4) is 0 Å². The molecule has 0 aliphatic carbocycles. The van der Waals surface area contributed by atoms with Crippen molar-refractivity contribution >= 4 is 23.2 Å². The van der Waals surface area contributed by atoms with E-state index in [-0.39, 0.29) is 5.91 Å². The van der Waals surface area contributed by atoms with Crippen LogP contribution in [0.1, 0.15) is 6.92 Å². The minimum Gasteiger partial charge on any atom is -0.481 e. The number of nitrogens with one attached hydrogen (secondary N) is 1. The molecule has 1 atom stereocenters. The SMILES string of the molecule is CC(Oc1ccccc1)C(=O)Nc1ccc(Cl)nc1. The number of amides is 1. The number of carbonyl (C=O) groups excluding carboxylic acids is 1. The third-order valence-electron chi connectivity index (χ3n) is 2.42. The zero-order valence-corrected chi connectivity index (χ0v) is 11.1. The number of ether oxygens (including phenoxy) is 1. The normalized spacial score (nSPS) is 11.7. The molecule has 1 unspecified atom stereocenters. The molecule has 1 aromatic carbocycles. The molecule has 98 valence electrons. The molecule has 1 aromatic heterocycles. The molecule has 1 heterocycles. The Morgan fingerprint density at radius 2 is 2.00 bits per heavy atom. The first-order chi connectivity index (χ1) is 9.15. The van der Waals surface area contributed by atoms with Crippen LogP contribution in [-0.4, -0.2) is 17.0 Å². The van der Waals surface area contributed by atoms with Gasteiger partial charge in [-0.1, -0.05) is 29.8 Å². The molecule has 0 saturated heterocycles. The standard InChI is InChI=1S/C14H13ClN2O2/c1-10(19-12-5-3-2-4-6-12)14(18)17-11-7-8-13(15)16-9-11/h2-10H,1H3,(H,17,18). The summed E-state index contributed by atoms with van der Waals surface area (Å²) in [7, 11) is 0. The van der Waals surface area contributed by atoms with E-state index in [4.69, 9.17) is 16.3 Å². The number of pyridine rings is 1. The van der Waals surface area contributed by atoms with Crippen LogP contribution in [-0.2, 0) is 4.79 Å². The average molecular weight is 277 g/mol. The van der Waals surface area contributed by atoms with Crippen LogP contribution in [0.5, 0.6) is 5.75 Å². The monoisotopic (exact) mass is 276 g/mol. The van der Waals surface area contributed by atoms with Gasteiger partial charge in [-0.25, -0.2) is 4.98 Å². The van der Waals surface area contributed by atoms with E-state index < -0.39 is 6.10 Å². The number of benzene rings is 1. The van der Waals surface area contributed by atoms with Gasteiger partial charge in [0, 0.05) is 0 Å². The van der Waals surface area contributed by atoms with Gasteiger partial charge < -0.3 is 10.1 Å². The quantitative estimate of drug-likeness (QED) is 0.873. The molecule has 4 nitrogen and oxygen atoms in total. The second-order valence-electron chi connectivity index (χ2n) is 3.93. The number of aromatic nitrogens is 1. The lowest BCUT2D eigenvalue weighted by molar-refractivity contribution is -0.122. The first kappa shape index (κ1) is 13.4. The molecule has 0 radical (unpaired) electrons. The highest BCUT2D eigenvalue weighted by atomic mass is 35.5. The summed E-state index contributed by atoms with van der Waals surface area (Å²) in [6.45, 7) is 1.69. The molecule has 1 amide bonds. The van der Waals surface area contributed by atoms with Crippen molar-refractivity contribution in [1.82, 2.24) is 4.98 Å². The number of anilines is 1. The van der Waals surface area contributed by atoms with Crippen molar-refractivity contribution in [2.24, 2.45) is 0 Å². The maximum absolute atomic E-state index is 11.9. The molecular weight excluding hydrogens is 264 g/mol. The summed E-state index contributed by atoms with van der Waals surface area (Å²) in [4.78, 5) is 15.8. The largest absolute Gasteiger partial charge is 0.481 e. The first-order valence-corrected chi connectivity index (χ1v) is 6.17. The summed E-state index contributed by atoms with van der Waals surface area (Å²) in [6.07, 6.45) is 0.897. The van der Waals surface area contributed by atoms with E-state index in [9.17, 15) is 4.79 Å². The Hall–Kier alpha value is -2.07.